The van der Waals surface area contributed by atoms with Crippen molar-refractivity contribution in [2.75, 3.05) is 0 Å². The van der Waals surface area contributed by atoms with Crippen molar-refractivity contribution >= 4 is 12.3 Å². The first-order valence-corrected chi connectivity index (χ1v) is 4.32. The van der Waals surface area contributed by atoms with Crippen LogP contribution in [0, 0.1) is 5.41 Å². The molecule has 0 aromatic heterocycles. The molecule has 1 N–H and O–H groups in total. The molecular weight excluding hydrogens is 156 g/mol. The maximum Gasteiger partial charge on any atom is 0.316 e. The van der Waals surface area contributed by atoms with Gasteiger partial charge in [0, 0.05) is 0 Å². The van der Waals surface area contributed by atoms with Crippen molar-refractivity contribution < 1.29 is 14.7 Å². The van der Waals surface area contributed by atoms with Crippen LogP contribution in [0.2, 0.25) is 0 Å². The Balaban J connectivity index is 4.50. The zero-order valence-electron chi connectivity index (χ0n) is 7.67. The molecule has 70 valence electrons. The molecule has 0 bridgehead atoms. The quantitative estimate of drug-likeness (QED) is 0.491. The van der Waals surface area contributed by atoms with E-state index < -0.39 is 11.4 Å². The highest BCUT2D eigenvalue weighted by Gasteiger charge is 2.36. The molecule has 0 rings (SSSR count). The normalized spacial score (nSPS) is 11.2. The molecule has 3 heteroatoms. The number of carbonyl (C=O) groups is 2. The van der Waals surface area contributed by atoms with Crippen molar-refractivity contribution in [1.82, 2.24) is 0 Å². The van der Waals surface area contributed by atoms with Gasteiger partial charge in [0.2, 0.25) is 0 Å². The van der Waals surface area contributed by atoms with Gasteiger partial charge < -0.3 is 9.90 Å². The van der Waals surface area contributed by atoms with Gasteiger partial charge in [0.15, 0.2) is 0 Å². The predicted molar refractivity (Wildman–Crippen MR) is 45.9 cm³/mol. The molecule has 0 saturated carbocycles. The Morgan fingerprint density at radius 2 is 1.75 bits per heavy atom. The summed E-state index contributed by atoms with van der Waals surface area (Å²) < 4.78 is 0. The molecule has 0 amide bonds. The zero-order valence-corrected chi connectivity index (χ0v) is 7.67. The molecule has 0 spiro atoms. The Kier molecular flexibility index (Phi) is 4.55. The topological polar surface area (TPSA) is 54.4 Å². The maximum absolute atomic E-state index is 10.8. The van der Waals surface area contributed by atoms with E-state index in [1.165, 1.54) is 0 Å². The van der Waals surface area contributed by atoms with Crippen molar-refractivity contribution in [3.8, 4) is 0 Å². The number of hydrogen-bond donors (Lipinski definition) is 1. The van der Waals surface area contributed by atoms with Crippen molar-refractivity contribution in [3.63, 3.8) is 0 Å². The summed E-state index contributed by atoms with van der Waals surface area (Å²) in [6, 6.07) is 0. The summed E-state index contributed by atoms with van der Waals surface area (Å²) in [5.41, 5.74) is -1.12. The first kappa shape index (κ1) is 11.1. The number of aliphatic carboxylic acids is 1. The average Bonchev–Trinajstić information content (AvgIpc) is 2.03. The minimum Gasteiger partial charge on any atom is -0.481 e. The van der Waals surface area contributed by atoms with E-state index in [1.807, 2.05) is 13.8 Å². The van der Waals surface area contributed by atoms with Gasteiger partial charge in [-0.05, 0) is 12.8 Å². The number of carbonyl (C=O) groups excluding carboxylic acids is 1. The van der Waals surface area contributed by atoms with Crippen LogP contribution in [0.15, 0.2) is 0 Å². The zero-order chi connectivity index (χ0) is 9.61. The summed E-state index contributed by atoms with van der Waals surface area (Å²) in [6.07, 6.45) is 2.93. The summed E-state index contributed by atoms with van der Waals surface area (Å²) in [5, 5.41) is 8.85. The second kappa shape index (κ2) is 4.91. The van der Waals surface area contributed by atoms with Crippen LogP contribution in [0.25, 0.3) is 0 Å². The van der Waals surface area contributed by atoms with Gasteiger partial charge in [0.1, 0.15) is 11.7 Å². The van der Waals surface area contributed by atoms with Gasteiger partial charge in [0.05, 0.1) is 0 Å². The van der Waals surface area contributed by atoms with Gasteiger partial charge in [-0.1, -0.05) is 26.7 Å². The first-order chi connectivity index (χ1) is 5.63. The first-order valence-electron chi connectivity index (χ1n) is 4.32. The molecule has 0 aliphatic heterocycles. The fourth-order valence-corrected chi connectivity index (χ4v) is 1.40. The standard InChI is InChI=1S/C9H16O3/c1-3-5-9(7-10,6-4-2)8(11)12/h7H,3-6H2,1-2H3,(H,11,12). The number of rotatable bonds is 6. The Morgan fingerprint density at radius 1 is 1.33 bits per heavy atom. The van der Waals surface area contributed by atoms with Crippen molar-refractivity contribution in [2.45, 2.75) is 39.5 Å². The highest BCUT2D eigenvalue weighted by molar-refractivity contribution is 5.91. The lowest BCUT2D eigenvalue weighted by Gasteiger charge is -2.21. The molecule has 0 atom stereocenters. The van der Waals surface area contributed by atoms with E-state index in [9.17, 15) is 9.59 Å². The van der Waals surface area contributed by atoms with Crippen LogP contribution in [0.5, 0.6) is 0 Å². The summed E-state index contributed by atoms with van der Waals surface area (Å²) in [4.78, 5) is 21.5. The van der Waals surface area contributed by atoms with E-state index in [2.05, 4.69) is 0 Å². The second-order valence-electron chi connectivity index (χ2n) is 3.08. The maximum atomic E-state index is 10.8. The fourth-order valence-electron chi connectivity index (χ4n) is 1.40. The van der Waals surface area contributed by atoms with Crippen LogP contribution >= 0.6 is 0 Å². The molecule has 0 saturated heterocycles. The van der Waals surface area contributed by atoms with Crippen LogP contribution < -0.4 is 0 Å². The Hall–Kier alpha value is -0.860. The third-order valence-corrected chi connectivity index (χ3v) is 2.04. The highest BCUT2D eigenvalue weighted by atomic mass is 16.4. The summed E-state index contributed by atoms with van der Waals surface area (Å²) in [5.74, 6) is -0.985. The van der Waals surface area contributed by atoms with Gasteiger partial charge in [0.25, 0.3) is 0 Å². The summed E-state index contributed by atoms with van der Waals surface area (Å²) >= 11 is 0. The highest BCUT2D eigenvalue weighted by Crippen LogP contribution is 2.27. The molecule has 0 heterocycles. The Bertz CT molecular complexity index is 157. The van der Waals surface area contributed by atoms with Gasteiger partial charge in [-0.25, -0.2) is 0 Å². The molecule has 0 aliphatic rings. The number of aldehydes is 1. The molecule has 3 nitrogen and oxygen atoms in total. The lowest BCUT2D eigenvalue weighted by Crippen LogP contribution is -2.32. The minimum atomic E-state index is -1.12. The van der Waals surface area contributed by atoms with Gasteiger partial charge in [-0.3, -0.25) is 4.79 Å². The Morgan fingerprint density at radius 3 is 1.92 bits per heavy atom. The predicted octanol–water partition coefficient (Wildman–Crippen LogP) is 1.86. The van der Waals surface area contributed by atoms with E-state index in [0.29, 0.717) is 19.1 Å². The Labute approximate surface area is 72.8 Å². The fraction of sp³-hybridized carbons (Fsp3) is 0.778. The third-order valence-electron chi connectivity index (χ3n) is 2.04. The minimum absolute atomic E-state index is 0.444. The second-order valence-corrected chi connectivity index (χ2v) is 3.08. The lowest BCUT2D eigenvalue weighted by atomic mass is 9.81. The van der Waals surface area contributed by atoms with Crippen molar-refractivity contribution in [2.24, 2.45) is 5.41 Å². The summed E-state index contributed by atoms with van der Waals surface area (Å²) in [7, 11) is 0. The molecular formula is C9H16O3. The van der Waals surface area contributed by atoms with E-state index in [4.69, 9.17) is 5.11 Å². The van der Waals surface area contributed by atoms with E-state index in [0.717, 1.165) is 12.8 Å². The molecule has 12 heavy (non-hydrogen) atoms. The molecule has 0 fully saturated rings. The average molecular weight is 172 g/mol. The van der Waals surface area contributed by atoms with Gasteiger partial charge in [-0.15, -0.1) is 0 Å². The number of hydrogen-bond acceptors (Lipinski definition) is 2. The van der Waals surface area contributed by atoms with Crippen LogP contribution in [0.4, 0.5) is 0 Å². The smallest absolute Gasteiger partial charge is 0.316 e. The van der Waals surface area contributed by atoms with E-state index in [1.54, 1.807) is 0 Å². The summed E-state index contributed by atoms with van der Waals surface area (Å²) in [6.45, 7) is 3.77. The molecule has 0 radical (unpaired) electrons. The van der Waals surface area contributed by atoms with E-state index in [-0.39, 0.29) is 0 Å². The van der Waals surface area contributed by atoms with Crippen LogP contribution in [-0.2, 0) is 9.59 Å². The molecule has 0 aromatic carbocycles. The monoisotopic (exact) mass is 172 g/mol. The van der Waals surface area contributed by atoms with Gasteiger partial charge >= 0.3 is 5.97 Å². The SMILES string of the molecule is CCCC(C=O)(CCC)C(=O)O. The lowest BCUT2D eigenvalue weighted by molar-refractivity contribution is -0.152. The molecule has 0 unspecified atom stereocenters. The largest absolute Gasteiger partial charge is 0.481 e. The van der Waals surface area contributed by atoms with E-state index >= 15 is 0 Å². The molecule has 0 aromatic rings. The van der Waals surface area contributed by atoms with Crippen molar-refractivity contribution in [3.05, 3.63) is 0 Å². The van der Waals surface area contributed by atoms with Crippen molar-refractivity contribution in [1.29, 1.82) is 0 Å². The number of carboxylic acid groups (broad SMARTS) is 1. The van der Waals surface area contributed by atoms with Crippen LogP contribution in [0.1, 0.15) is 39.5 Å². The third kappa shape index (κ3) is 2.32. The van der Waals surface area contributed by atoms with Crippen LogP contribution in [-0.4, -0.2) is 17.4 Å². The molecule has 0 aliphatic carbocycles. The number of carboxylic acids is 1. The van der Waals surface area contributed by atoms with Crippen LogP contribution in [0.3, 0.4) is 0 Å². The van der Waals surface area contributed by atoms with Gasteiger partial charge in [-0.2, -0.15) is 0 Å².